The molecule has 8 nitrogen and oxygen atoms in total. The minimum absolute atomic E-state index is 0.0601. The molecule has 3 fully saturated rings. The average Bonchev–Trinajstić information content (AvgIpc) is 3.57. The molecule has 2 aliphatic heterocycles. The van der Waals surface area contributed by atoms with E-state index in [0.717, 1.165) is 34.9 Å². The van der Waals surface area contributed by atoms with E-state index in [-0.39, 0.29) is 12.5 Å². The fourth-order valence-electron chi connectivity index (χ4n) is 4.98. The molecule has 3 aromatic rings. The number of nitrogens with zero attached hydrogens (tertiary/aromatic N) is 3. The van der Waals surface area contributed by atoms with Crippen molar-refractivity contribution in [2.24, 2.45) is 0 Å². The van der Waals surface area contributed by atoms with Crippen LogP contribution >= 0.6 is 0 Å². The third-order valence-corrected chi connectivity index (χ3v) is 9.08. The second kappa shape index (κ2) is 7.65. The van der Waals surface area contributed by atoms with Crippen molar-refractivity contribution in [3.8, 4) is 11.1 Å². The highest BCUT2D eigenvalue weighted by atomic mass is 32.2. The predicted molar refractivity (Wildman–Crippen MR) is 123 cm³/mol. The van der Waals surface area contributed by atoms with E-state index >= 15 is 0 Å². The lowest BCUT2D eigenvalue weighted by molar-refractivity contribution is -0.170. The molecule has 9 heteroatoms. The molecule has 0 atom stereocenters. The van der Waals surface area contributed by atoms with Gasteiger partial charge < -0.3 is 9.64 Å². The van der Waals surface area contributed by atoms with E-state index in [0.29, 0.717) is 43.4 Å². The van der Waals surface area contributed by atoms with Gasteiger partial charge in [-0.1, -0.05) is 24.3 Å². The zero-order valence-electron chi connectivity index (χ0n) is 18.2. The summed E-state index contributed by atoms with van der Waals surface area (Å²) >= 11 is 0. The first kappa shape index (κ1) is 20.8. The van der Waals surface area contributed by atoms with E-state index in [9.17, 15) is 13.2 Å². The van der Waals surface area contributed by atoms with E-state index in [1.807, 2.05) is 35.2 Å². The molecule has 2 saturated heterocycles. The Balaban J connectivity index is 1.16. The van der Waals surface area contributed by atoms with Crippen LogP contribution in [0.15, 0.2) is 53.6 Å². The summed E-state index contributed by atoms with van der Waals surface area (Å²) in [7, 11) is -3.59. The summed E-state index contributed by atoms with van der Waals surface area (Å²) in [5.74, 6) is 0.0601. The smallest absolute Gasteiger partial charge is 0.248 e. The lowest BCUT2D eigenvalue weighted by Gasteiger charge is -2.46. The van der Waals surface area contributed by atoms with Gasteiger partial charge in [0.1, 0.15) is 6.61 Å². The monoisotopic (exact) mass is 466 g/mol. The summed E-state index contributed by atoms with van der Waals surface area (Å²) in [4.78, 5) is 14.4. The number of benzene rings is 2. The second-order valence-corrected chi connectivity index (χ2v) is 11.3. The Kier molecular flexibility index (Phi) is 4.83. The van der Waals surface area contributed by atoms with Gasteiger partial charge in [0.25, 0.3) is 0 Å². The van der Waals surface area contributed by atoms with Crippen molar-refractivity contribution in [3.05, 3.63) is 48.7 Å². The number of amides is 1. The molecule has 33 heavy (non-hydrogen) atoms. The SMILES string of the molecule is O=C1COC2(CCN(S(=O)(=O)c3ccc(-c4ccc5cn[nH]c5c4)cc3)CC2)CN1C1CC1. The van der Waals surface area contributed by atoms with Crippen LogP contribution in [0.3, 0.4) is 0 Å². The van der Waals surface area contributed by atoms with Gasteiger partial charge in [-0.15, -0.1) is 0 Å². The first-order valence-corrected chi connectivity index (χ1v) is 12.8. The Hall–Kier alpha value is -2.75. The molecule has 0 bridgehead atoms. The quantitative estimate of drug-likeness (QED) is 0.638. The normalized spacial score (nSPS) is 21.7. The Labute approximate surface area is 192 Å². The molecule has 1 aromatic heterocycles. The van der Waals surface area contributed by atoms with Crippen LogP contribution in [0.5, 0.6) is 0 Å². The zero-order chi connectivity index (χ0) is 22.6. The van der Waals surface area contributed by atoms with E-state index in [2.05, 4.69) is 10.2 Å². The highest BCUT2D eigenvalue weighted by molar-refractivity contribution is 7.89. The van der Waals surface area contributed by atoms with Gasteiger partial charge >= 0.3 is 0 Å². The van der Waals surface area contributed by atoms with Gasteiger partial charge in [-0.25, -0.2) is 8.42 Å². The lowest BCUT2D eigenvalue weighted by atomic mass is 9.90. The third kappa shape index (κ3) is 3.74. The van der Waals surface area contributed by atoms with Crippen molar-refractivity contribution in [3.63, 3.8) is 0 Å². The summed E-state index contributed by atoms with van der Waals surface area (Å²) < 4.78 is 34.1. The van der Waals surface area contributed by atoms with E-state index < -0.39 is 15.6 Å². The van der Waals surface area contributed by atoms with E-state index in [1.54, 1.807) is 22.6 Å². The van der Waals surface area contributed by atoms with Gasteiger partial charge in [-0.3, -0.25) is 9.89 Å². The van der Waals surface area contributed by atoms with Crippen molar-refractivity contribution in [2.75, 3.05) is 26.2 Å². The molecular formula is C24H26N4O4S. The number of morpholine rings is 1. The number of ether oxygens (including phenoxy) is 1. The standard InChI is InChI=1S/C24H26N4O4S/c29-23-15-32-24(16-28(23)20-5-6-20)9-11-27(12-10-24)33(30,31)21-7-3-17(4-8-21)18-1-2-19-14-25-26-22(19)13-18/h1-4,7-8,13-14,20H,5-6,9-12,15-16H2,(H,25,26). The summed E-state index contributed by atoms with van der Waals surface area (Å²) in [6, 6.07) is 13.4. The van der Waals surface area contributed by atoms with Gasteiger partial charge in [-0.2, -0.15) is 9.40 Å². The topological polar surface area (TPSA) is 95.6 Å². The molecule has 2 aromatic carbocycles. The van der Waals surface area contributed by atoms with E-state index in [1.165, 1.54) is 0 Å². The average molecular weight is 467 g/mol. The number of aromatic nitrogens is 2. The number of rotatable bonds is 4. The van der Waals surface area contributed by atoms with E-state index in [4.69, 9.17) is 4.74 Å². The van der Waals surface area contributed by atoms with Crippen molar-refractivity contribution in [1.82, 2.24) is 19.4 Å². The molecule has 1 spiro atoms. The van der Waals surface area contributed by atoms with Crippen LogP contribution < -0.4 is 0 Å². The van der Waals surface area contributed by atoms with Crippen molar-refractivity contribution in [2.45, 2.75) is 42.2 Å². The zero-order valence-corrected chi connectivity index (χ0v) is 19.1. The Bertz CT molecular complexity index is 1310. The molecule has 6 rings (SSSR count). The highest BCUT2D eigenvalue weighted by Gasteiger charge is 2.47. The highest BCUT2D eigenvalue weighted by Crippen LogP contribution is 2.37. The van der Waals surface area contributed by atoms with Crippen LogP contribution in [-0.4, -0.2) is 71.6 Å². The fraction of sp³-hybridized carbons (Fsp3) is 0.417. The van der Waals surface area contributed by atoms with Crippen LogP contribution in [0.1, 0.15) is 25.7 Å². The Morgan fingerprint density at radius 1 is 1.03 bits per heavy atom. The van der Waals surface area contributed by atoms with Gasteiger partial charge in [0.15, 0.2) is 0 Å². The number of nitrogens with one attached hydrogen (secondary N) is 1. The number of hydrogen-bond donors (Lipinski definition) is 1. The number of carbonyl (C=O) groups is 1. The van der Waals surface area contributed by atoms with Crippen LogP contribution in [-0.2, 0) is 19.6 Å². The maximum absolute atomic E-state index is 13.3. The number of aromatic amines is 1. The second-order valence-electron chi connectivity index (χ2n) is 9.32. The third-order valence-electron chi connectivity index (χ3n) is 7.17. The largest absolute Gasteiger partial charge is 0.363 e. The first-order valence-electron chi connectivity index (χ1n) is 11.4. The molecule has 3 heterocycles. The summed E-state index contributed by atoms with van der Waals surface area (Å²) in [6.45, 7) is 1.48. The van der Waals surface area contributed by atoms with Gasteiger partial charge in [0.05, 0.1) is 28.8 Å². The number of H-pyrrole nitrogens is 1. The lowest BCUT2D eigenvalue weighted by Crippen LogP contribution is -2.59. The maximum Gasteiger partial charge on any atom is 0.248 e. The van der Waals surface area contributed by atoms with Crippen molar-refractivity contribution in [1.29, 1.82) is 0 Å². The number of sulfonamides is 1. The summed E-state index contributed by atoms with van der Waals surface area (Å²) in [5, 5.41) is 8.04. The number of hydrogen-bond acceptors (Lipinski definition) is 5. The Morgan fingerprint density at radius 3 is 2.48 bits per heavy atom. The summed E-state index contributed by atoms with van der Waals surface area (Å²) in [6.07, 6.45) is 5.11. The summed E-state index contributed by atoms with van der Waals surface area (Å²) in [5.41, 5.74) is 2.47. The molecular weight excluding hydrogens is 440 g/mol. The van der Waals surface area contributed by atoms with Gasteiger partial charge in [0, 0.05) is 24.5 Å². The molecule has 1 saturated carbocycles. The van der Waals surface area contributed by atoms with Gasteiger partial charge in [-0.05, 0) is 55.0 Å². The molecule has 0 unspecified atom stereocenters. The maximum atomic E-state index is 13.3. The molecule has 3 aliphatic rings. The van der Waals surface area contributed by atoms with Crippen LogP contribution in [0, 0.1) is 0 Å². The van der Waals surface area contributed by atoms with Gasteiger partial charge in [0.2, 0.25) is 15.9 Å². The number of carbonyl (C=O) groups excluding carboxylic acids is 1. The molecule has 172 valence electrons. The van der Waals surface area contributed by atoms with Crippen LogP contribution in [0.4, 0.5) is 0 Å². The van der Waals surface area contributed by atoms with Crippen LogP contribution in [0.2, 0.25) is 0 Å². The molecule has 1 amide bonds. The minimum atomic E-state index is -3.59. The minimum Gasteiger partial charge on any atom is -0.363 e. The first-order chi connectivity index (χ1) is 15.9. The molecule has 1 aliphatic carbocycles. The number of piperidine rings is 1. The fourth-order valence-corrected chi connectivity index (χ4v) is 6.42. The van der Waals surface area contributed by atoms with Crippen molar-refractivity contribution >= 4 is 26.8 Å². The van der Waals surface area contributed by atoms with Crippen LogP contribution in [0.25, 0.3) is 22.0 Å². The predicted octanol–water partition coefficient (Wildman–Crippen LogP) is 2.77. The Morgan fingerprint density at radius 2 is 1.76 bits per heavy atom. The number of fused-ring (bicyclic) bond motifs is 1. The van der Waals surface area contributed by atoms with Crippen molar-refractivity contribution < 1.29 is 17.9 Å². The molecule has 0 radical (unpaired) electrons. The molecule has 1 N–H and O–H groups in total.